The molecule has 0 bridgehead atoms. The molecule has 3 amide bonds. The van der Waals surface area contributed by atoms with Crippen molar-refractivity contribution in [3.63, 3.8) is 0 Å². The van der Waals surface area contributed by atoms with Crippen LogP contribution < -0.4 is 10.6 Å². The topological polar surface area (TPSA) is 123 Å². The maximum Gasteiger partial charge on any atom is 0.389 e. The largest absolute Gasteiger partial charge is 0.389 e. The van der Waals surface area contributed by atoms with E-state index in [2.05, 4.69) is 44.4 Å². The smallest absolute Gasteiger partial charge is 0.347 e. The lowest BCUT2D eigenvalue weighted by Gasteiger charge is -2.21. The minimum Gasteiger partial charge on any atom is -0.347 e. The molecule has 9 nitrogen and oxygen atoms in total. The molecule has 0 aromatic heterocycles. The van der Waals surface area contributed by atoms with Crippen molar-refractivity contribution >= 4 is 29.7 Å². The number of nitrogens with zero attached hydrogens (tertiary/aromatic N) is 3. The van der Waals surface area contributed by atoms with Gasteiger partial charge < -0.3 is 25.2 Å². The molecular formula is C29H44F3N5O4. The van der Waals surface area contributed by atoms with Gasteiger partial charge >= 0.3 is 6.18 Å². The van der Waals surface area contributed by atoms with Crippen LogP contribution >= 0.6 is 0 Å². The first-order valence-corrected chi connectivity index (χ1v) is 13.4. The van der Waals surface area contributed by atoms with Crippen LogP contribution in [0.4, 0.5) is 18.9 Å². The van der Waals surface area contributed by atoms with Crippen molar-refractivity contribution in [2.24, 2.45) is 11.3 Å². The number of carbonyl (C=O) groups excluding carboxylic acids is 4. The van der Waals surface area contributed by atoms with Crippen molar-refractivity contribution in [3.05, 3.63) is 30.3 Å². The predicted octanol–water partition coefficient (Wildman–Crippen LogP) is 4.40. The van der Waals surface area contributed by atoms with Crippen LogP contribution in [0.2, 0.25) is 0 Å². The molecule has 1 aromatic carbocycles. The summed E-state index contributed by atoms with van der Waals surface area (Å²) in [6, 6.07) is 10.1. The number of hydrogen-bond donors (Lipinski definition) is 2. The van der Waals surface area contributed by atoms with Crippen LogP contribution in [-0.2, 0) is 19.2 Å². The van der Waals surface area contributed by atoms with Gasteiger partial charge in [-0.15, -0.1) is 0 Å². The molecule has 0 saturated carbocycles. The summed E-state index contributed by atoms with van der Waals surface area (Å²) in [5.74, 6) is -1.15. The van der Waals surface area contributed by atoms with E-state index in [4.69, 9.17) is 0 Å². The fraction of sp³-hybridized carbons (Fsp3) is 0.621. The van der Waals surface area contributed by atoms with Gasteiger partial charge in [-0.05, 0) is 51.4 Å². The van der Waals surface area contributed by atoms with Crippen LogP contribution in [0.1, 0.15) is 60.3 Å². The number of halogens is 3. The zero-order chi connectivity index (χ0) is 31.8. The van der Waals surface area contributed by atoms with E-state index in [9.17, 15) is 37.6 Å². The number of para-hydroxylation sites is 1. The quantitative estimate of drug-likeness (QED) is 0.416. The maximum atomic E-state index is 12.3. The van der Waals surface area contributed by atoms with Gasteiger partial charge in [-0.2, -0.15) is 18.4 Å². The van der Waals surface area contributed by atoms with E-state index in [0.29, 0.717) is 24.7 Å². The number of amides is 3. The van der Waals surface area contributed by atoms with Gasteiger partial charge in [0.05, 0.1) is 24.6 Å². The van der Waals surface area contributed by atoms with Gasteiger partial charge in [-0.3, -0.25) is 14.4 Å². The number of anilines is 1. The van der Waals surface area contributed by atoms with Crippen LogP contribution in [0, 0.1) is 22.7 Å². The molecule has 1 aliphatic heterocycles. The van der Waals surface area contributed by atoms with Crippen molar-refractivity contribution < 1.29 is 32.3 Å². The Labute approximate surface area is 241 Å². The second-order valence-corrected chi connectivity index (χ2v) is 11.7. The molecule has 2 rings (SSSR count). The molecule has 12 heteroatoms. The van der Waals surface area contributed by atoms with Gasteiger partial charge in [0.1, 0.15) is 12.3 Å². The molecule has 1 aliphatic rings. The van der Waals surface area contributed by atoms with Gasteiger partial charge in [0.25, 0.3) is 0 Å². The first-order chi connectivity index (χ1) is 18.9. The van der Waals surface area contributed by atoms with Crippen LogP contribution in [-0.4, -0.2) is 79.3 Å². The number of nitriles is 1. The van der Waals surface area contributed by atoms with Crippen LogP contribution in [0.3, 0.4) is 0 Å². The average Bonchev–Trinajstić information content (AvgIpc) is 3.28. The Morgan fingerprint density at radius 2 is 1.71 bits per heavy atom. The SMILES string of the molecule is CC(C)(C)C.CC(C=O)NC(=O)CCCC(F)(F)F.CN(C)CC(=O)N1CC(C(=O)Nc2ccccc2)CC1C#N. The van der Waals surface area contributed by atoms with Gasteiger partial charge in [0, 0.05) is 25.1 Å². The average molecular weight is 584 g/mol. The third-order valence-electron chi connectivity index (χ3n) is 5.09. The first kappa shape index (κ1) is 37.5. The molecular weight excluding hydrogens is 539 g/mol. The Balaban J connectivity index is 0.000000721. The second-order valence-electron chi connectivity index (χ2n) is 11.7. The molecule has 230 valence electrons. The number of hydrogen-bond acceptors (Lipinski definition) is 6. The number of alkyl halides is 3. The Bertz CT molecular complexity index is 998. The van der Waals surface area contributed by atoms with E-state index < -0.39 is 30.6 Å². The minimum atomic E-state index is -4.23. The van der Waals surface area contributed by atoms with Crippen LogP contribution in [0.15, 0.2) is 30.3 Å². The van der Waals surface area contributed by atoms with E-state index in [-0.39, 0.29) is 37.1 Å². The summed E-state index contributed by atoms with van der Waals surface area (Å²) in [5, 5.41) is 14.3. The van der Waals surface area contributed by atoms with Gasteiger partial charge in [-0.1, -0.05) is 45.9 Å². The maximum absolute atomic E-state index is 12.3. The molecule has 0 spiro atoms. The standard InChI is InChI=1S/C16H20N4O2.C8H12F3NO2.C5H12/c1-19(2)11-15(21)20-10-12(8-14(20)9-17)16(22)18-13-6-4-3-5-7-13;1-6(5-13)12-7(14)3-2-4-8(9,10)11;1-5(2,3)4/h3-7,12,14H,8,10-11H2,1-2H3,(H,18,22);5-6H,2-4H2,1H3,(H,12,14);1-4H3. The monoisotopic (exact) mass is 583 g/mol. The Morgan fingerprint density at radius 1 is 1.15 bits per heavy atom. The number of carbonyl (C=O) groups is 4. The molecule has 1 aromatic rings. The molecule has 2 N–H and O–H groups in total. The number of rotatable bonds is 9. The normalized spacial score (nSPS) is 17.2. The zero-order valence-electron chi connectivity index (χ0n) is 25.0. The van der Waals surface area contributed by atoms with Crippen LogP contribution in [0.25, 0.3) is 0 Å². The van der Waals surface area contributed by atoms with Gasteiger partial charge in [0.2, 0.25) is 17.7 Å². The van der Waals surface area contributed by atoms with E-state index in [1.54, 1.807) is 19.0 Å². The number of aldehydes is 1. The van der Waals surface area contributed by atoms with Crippen molar-refractivity contribution in [2.75, 3.05) is 32.5 Å². The van der Waals surface area contributed by atoms with E-state index >= 15 is 0 Å². The zero-order valence-corrected chi connectivity index (χ0v) is 25.0. The summed E-state index contributed by atoms with van der Waals surface area (Å²) in [6.07, 6.45) is -4.76. The van der Waals surface area contributed by atoms with Crippen molar-refractivity contribution in [2.45, 2.75) is 78.6 Å². The van der Waals surface area contributed by atoms with E-state index in [1.807, 2.05) is 30.3 Å². The Morgan fingerprint density at radius 3 is 2.17 bits per heavy atom. The van der Waals surface area contributed by atoms with Gasteiger partial charge in [-0.25, -0.2) is 0 Å². The minimum absolute atomic E-state index is 0.119. The second kappa shape index (κ2) is 18.1. The highest BCUT2D eigenvalue weighted by atomic mass is 19.4. The summed E-state index contributed by atoms with van der Waals surface area (Å²) in [4.78, 5) is 48.7. The van der Waals surface area contributed by atoms with Crippen molar-refractivity contribution in [3.8, 4) is 6.07 Å². The number of likely N-dealkylation sites (N-methyl/N-ethyl adjacent to an activating group) is 1. The molecule has 41 heavy (non-hydrogen) atoms. The van der Waals surface area contributed by atoms with Crippen molar-refractivity contribution in [1.29, 1.82) is 5.26 Å². The third-order valence-corrected chi connectivity index (χ3v) is 5.09. The molecule has 0 radical (unpaired) electrons. The summed E-state index contributed by atoms with van der Waals surface area (Å²) in [5.41, 5.74) is 1.22. The lowest BCUT2D eigenvalue weighted by molar-refractivity contribution is -0.138. The Kier molecular flexibility index (Phi) is 16.5. The lowest BCUT2D eigenvalue weighted by atomic mass is 10.0. The van der Waals surface area contributed by atoms with E-state index in [0.717, 1.165) is 5.69 Å². The number of benzene rings is 1. The summed E-state index contributed by atoms with van der Waals surface area (Å²) >= 11 is 0. The fourth-order valence-corrected chi connectivity index (χ4v) is 3.36. The lowest BCUT2D eigenvalue weighted by Crippen LogP contribution is -2.40. The molecule has 3 unspecified atom stereocenters. The third kappa shape index (κ3) is 19.3. The number of likely N-dealkylation sites (tertiary alicyclic amines) is 1. The van der Waals surface area contributed by atoms with Crippen molar-refractivity contribution in [1.82, 2.24) is 15.1 Å². The number of nitrogens with one attached hydrogen (secondary N) is 2. The fourth-order valence-electron chi connectivity index (χ4n) is 3.36. The highest BCUT2D eigenvalue weighted by Crippen LogP contribution is 2.25. The van der Waals surface area contributed by atoms with Gasteiger partial charge in [0.15, 0.2) is 0 Å². The molecule has 0 aliphatic carbocycles. The highest BCUT2D eigenvalue weighted by Gasteiger charge is 2.38. The summed E-state index contributed by atoms with van der Waals surface area (Å²) in [7, 11) is 3.60. The summed E-state index contributed by atoms with van der Waals surface area (Å²) < 4.78 is 34.9. The molecule has 1 fully saturated rings. The predicted molar refractivity (Wildman–Crippen MR) is 152 cm³/mol. The summed E-state index contributed by atoms with van der Waals surface area (Å²) in [6.45, 7) is 10.7. The molecule has 1 heterocycles. The van der Waals surface area contributed by atoms with Crippen LogP contribution in [0.5, 0.6) is 0 Å². The molecule has 1 saturated heterocycles. The Hall–Kier alpha value is -3.46. The first-order valence-electron chi connectivity index (χ1n) is 13.4. The highest BCUT2D eigenvalue weighted by molar-refractivity contribution is 5.93. The van der Waals surface area contributed by atoms with E-state index in [1.165, 1.54) is 11.8 Å². The molecule has 3 atom stereocenters.